The molecule has 1 amide bonds. The summed E-state index contributed by atoms with van der Waals surface area (Å²) in [5.74, 6) is -2.06. The highest BCUT2D eigenvalue weighted by Gasteiger charge is 2.36. The number of nitro groups is 2. The molecule has 0 unspecified atom stereocenters. The maximum absolute atomic E-state index is 12.6. The maximum atomic E-state index is 12.6. The Bertz CT molecular complexity index is 1040. The van der Waals surface area contributed by atoms with Crippen LogP contribution in [0.3, 0.4) is 0 Å². The Labute approximate surface area is 174 Å². The van der Waals surface area contributed by atoms with Crippen LogP contribution in [0.25, 0.3) is 0 Å². The summed E-state index contributed by atoms with van der Waals surface area (Å²) in [6.07, 6.45) is 3.44. The number of rotatable bonds is 7. The third kappa shape index (κ3) is 4.01. The lowest BCUT2D eigenvalue weighted by Crippen LogP contribution is -2.21. The second-order valence-electron chi connectivity index (χ2n) is 6.61. The molecule has 0 saturated heterocycles. The van der Waals surface area contributed by atoms with Gasteiger partial charge in [-0.1, -0.05) is 0 Å². The summed E-state index contributed by atoms with van der Waals surface area (Å²) >= 11 is 1.30. The highest BCUT2D eigenvalue weighted by Crippen LogP contribution is 2.38. The van der Waals surface area contributed by atoms with E-state index in [-0.39, 0.29) is 12.3 Å². The molecule has 0 atom stereocenters. The van der Waals surface area contributed by atoms with E-state index >= 15 is 0 Å². The zero-order chi connectivity index (χ0) is 22.0. The highest BCUT2D eigenvalue weighted by atomic mass is 32.1. The normalized spacial score (nSPS) is 12.9. The number of fused-ring (bicyclic) bond motifs is 1. The van der Waals surface area contributed by atoms with Crippen molar-refractivity contribution < 1.29 is 24.2 Å². The Morgan fingerprint density at radius 2 is 1.93 bits per heavy atom. The fourth-order valence-corrected chi connectivity index (χ4v) is 4.68. The van der Waals surface area contributed by atoms with Gasteiger partial charge in [0, 0.05) is 4.88 Å². The number of carbonyl (C=O) groups is 2. The molecular formula is C17H19N5O7S. The summed E-state index contributed by atoms with van der Waals surface area (Å²) < 4.78 is 6.04. The molecule has 2 aromatic rings. The van der Waals surface area contributed by atoms with Gasteiger partial charge in [0.15, 0.2) is 0 Å². The molecule has 2 aromatic heterocycles. The second kappa shape index (κ2) is 8.57. The maximum Gasteiger partial charge on any atom is 0.468 e. The van der Waals surface area contributed by atoms with Crippen molar-refractivity contribution in [3.63, 3.8) is 0 Å². The predicted molar refractivity (Wildman–Crippen MR) is 106 cm³/mol. The summed E-state index contributed by atoms with van der Waals surface area (Å²) in [4.78, 5) is 46.4. The number of hydrogen-bond acceptors (Lipinski definition) is 9. The first kappa shape index (κ1) is 21.4. The molecule has 12 nitrogen and oxygen atoms in total. The van der Waals surface area contributed by atoms with E-state index in [1.165, 1.54) is 18.3 Å². The number of carbonyl (C=O) groups excluding carboxylic acids is 2. The van der Waals surface area contributed by atoms with Crippen LogP contribution in [0, 0.1) is 27.2 Å². The smallest absolute Gasteiger partial charge is 0.462 e. The molecule has 3 rings (SSSR count). The molecule has 0 aliphatic heterocycles. The monoisotopic (exact) mass is 437 g/mol. The van der Waals surface area contributed by atoms with E-state index in [2.05, 4.69) is 10.4 Å². The van der Waals surface area contributed by atoms with Gasteiger partial charge in [0.25, 0.3) is 0 Å². The minimum absolute atomic E-state index is 0.113. The molecular weight excluding hydrogens is 418 g/mol. The van der Waals surface area contributed by atoms with E-state index in [0.717, 1.165) is 34.4 Å². The minimum Gasteiger partial charge on any atom is -0.462 e. The predicted octanol–water partition coefficient (Wildman–Crippen LogP) is 2.76. The largest absolute Gasteiger partial charge is 0.468 e. The van der Waals surface area contributed by atoms with Crippen LogP contribution in [-0.4, -0.2) is 38.1 Å². The molecule has 0 bridgehead atoms. The van der Waals surface area contributed by atoms with Crippen LogP contribution in [0.1, 0.15) is 46.3 Å². The number of aromatic nitrogens is 2. The Kier molecular flexibility index (Phi) is 6.10. The van der Waals surface area contributed by atoms with Gasteiger partial charge in [0.05, 0.1) is 22.2 Å². The second-order valence-corrected chi connectivity index (χ2v) is 7.72. The van der Waals surface area contributed by atoms with Crippen molar-refractivity contribution in [2.75, 3.05) is 11.9 Å². The van der Waals surface area contributed by atoms with E-state index in [1.807, 2.05) is 0 Å². The Morgan fingerprint density at radius 1 is 1.23 bits per heavy atom. The molecule has 0 radical (unpaired) electrons. The van der Waals surface area contributed by atoms with E-state index < -0.39 is 39.8 Å². The number of nitrogens with one attached hydrogen (secondary N) is 1. The molecule has 13 heteroatoms. The standard InChI is InChI=1S/C17H19N5O7S/c1-3-29-17(24)13-10-6-4-5-7-11(10)30-16(13)18-12(23)8-20-9(2)14(21(25)26)15(19-20)22(27)28/h3-8H2,1-2H3,(H,18,23). The van der Waals surface area contributed by atoms with Crippen LogP contribution < -0.4 is 5.32 Å². The summed E-state index contributed by atoms with van der Waals surface area (Å²) in [6.45, 7) is 2.68. The quantitative estimate of drug-likeness (QED) is 0.393. The Morgan fingerprint density at radius 3 is 2.53 bits per heavy atom. The number of ether oxygens (including phenoxy) is 1. The van der Waals surface area contributed by atoms with E-state index in [1.54, 1.807) is 6.92 Å². The SMILES string of the molecule is CCOC(=O)c1c(NC(=O)Cn2nc([N+](=O)[O-])c([N+](=O)[O-])c2C)sc2c1CCCC2. The molecule has 0 fully saturated rings. The molecule has 2 heterocycles. The Balaban J connectivity index is 1.88. The molecule has 0 aromatic carbocycles. The average Bonchev–Trinajstić information content (AvgIpc) is 3.19. The molecule has 1 aliphatic carbocycles. The van der Waals surface area contributed by atoms with Crippen molar-refractivity contribution in [1.29, 1.82) is 0 Å². The summed E-state index contributed by atoms with van der Waals surface area (Å²) in [5.41, 5.74) is 0.338. The number of anilines is 1. The third-order valence-corrected chi connectivity index (χ3v) is 5.92. The number of amides is 1. The fourth-order valence-electron chi connectivity index (χ4n) is 3.39. The van der Waals surface area contributed by atoms with Crippen LogP contribution in [0.5, 0.6) is 0 Å². The van der Waals surface area contributed by atoms with Crippen molar-refractivity contribution in [3.8, 4) is 0 Å². The van der Waals surface area contributed by atoms with Gasteiger partial charge in [0.2, 0.25) is 5.91 Å². The van der Waals surface area contributed by atoms with Crippen LogP contribution in [0.2, 0.25) is 0 Å². The zero-order valence-electron chi connectivity index (χ0n) is 16.3. The van der Waals surface area contributed by atoms with E-state index in [9.17, 15) is 29.8 Å². The number of nitrogens with zero attached hydrogens (tertiary/aromatic N) is 4. The lowest BCUT2D eigenvalue weighted by atomic mass is 9.95. The molecule has 1 aliphatic rings. The van der Waals surface area contributed by atoms with Crippen molar-refractivity contribution in [2.24, 2.45) is 0 Å². The summed E-state index contributed by atoms with van der Waals surface area (Å²) in [6, 6.07) is 0. The Hall–Kier alpha value is -3.35. The van der Waals surface area contributed by atoms with Gasteiger partial charge in [-0.2, -0.15) is 4.68 Å². The van der Waals surface area contributed by atoms with E-state index in [0.29, 0.717) is 17.0 Å². The fraction of sp³-hybridized carbons (Fsp3) is 0.471. The van der Waals surface area contributed by atoms with Gasteiger partial charge in [-0.25, -0.2) is 4.79 Å². The van der Waals surface area contributed by atoms with Gasteiger partial charge in [0.1, 0.15) is 17.2 Å². The third-order valence-electron chi connectivity index (χ3n) is 4.71. The molecule has 1 N–H and O–H groups in total. The van der Waals surface area contributed by atoms with Crippen LogP contribution >= 0.6 is 11.3 Å². The topological polar surface area (TPSA) is 160 Å². The van der Waals surface area contributed by atoms with E-state index in [4.69, 9.17) is 4.74 Å². The molecule has 0 saturated carbocycles. The first-order valence-corrected chi connectivity index (χ1v) is 10.0. The number of hydrogen-bond donors (Lipinski definition) is 1. The van der Waals surface area contributed by atoms with Crippen molar-refractivity contribution in [2.45, 2.75) is 46.1 Å². The van der Waals surface area contributed by atoms with Gasteiger partial charge < -0.3 is 20.2 Å². The summed E-state index contributed by atoms with van der Waals surface area (Å²) in [5, 5.41) is 28.8. The molecule has 160 valence electrons. The van der Waals surface area contributed by atoms with Gasteiger partial charge >= 0.3 is 17.5 Å². The van der Waals surface area contributed by atoms with Gasteiger partial charge in [-0.3, -0.25) is 14.9 Å². The van der Waals surface area contributed by atoms with Crippen LogP contribution in [0.15, 0.2) is 0 Å². The molecule has 0 spiro atoms. The van der Waals surface area contributed by atoms with Crippen LogP contribution in [0.4, 0.5) is 16.5 Å². The first-order chi connectivity index (χ1) is 14.2. The van der Waals surface area contributed by atoms with Gasteiger partial charge in [-0.05, 0) is 50.0 Å². The highest BCUT2D eigenvalue weighted by molar-refractivity contribution is 7.17. The lowest BCUT2D eigenvalue weighted by molar-refractivity contribution is -0.424. The van der Waals surface area contributed by atoms with Crippen molar-refractivity contribution in [3.05, 3.63) is 41.9 Å². The lowest BCUT2D eigenvalue weighted by Gasteiger charge is -2.12. The minimum atomic E-state index is -0.967. The van der Waals surface area contributed by atoms with Crippen molar-refractivity contribution >= 4 is 39.7 Å². The zero-order valence-corrected chi connectivity index (χ0v) is 17.1. The molecule has 30 heavy (non-hydrogen) atoms. The first-order valence-electron chi connectivity index (χ1n) is 9.22. The number of thiophene rings is 1. The average molecular weight is 437 g/mol. The number of aryl methyl sites for hydroxylation is 1. The van der Waals surface area contributed by atoms with Crippen LogP contribution in [-0.2, 0) is 28.9 Å². The number of esters is 1. The van der Waals surface area contributed by atoms with Gasteiger partial charge in [-0.15, -0.1) is 11.3 Å². The van der Waals surface area contributed by atoms with Crippen molar-refractivity contribution in [1.82, 2.24) is 9.78 Å². The summed E-state index contributed by atoms with van der Waals surface area (Å²) in [7, 11) is 0.